The number of piperidine rings is 1. The molecule has 1 aliphatic heterocycles. The second-order valence-corrected chi connectivity index (χ2v) is 5.55. The normalized spacial score (nSPS) is 17.1. The van der Waals surface area contributed by atoms with Gasteiger partial charge in [-0.25, -0.2) is 0 Å². The van der Waals surface area contributed by atoms with Crippen LogP contribution in [-0.4, -0.2) is 29.7 Å². The van der Waals surface area contributed by atoms with Gasteiger partial charge in [-0.05, 0) is 31.2 Å². The minimum atomic E-state index is 0.167. The van der Waals surface area contributed by atoms with Crippen molar-refractivity contribution in [1.29, 1.82) is 0 Å². The Morgan fingerprint density at radius 3 is 2.65 bits per heavy atom. The van der Waals surface area contributed by atoms with Crippen LogP contribution in [0.2, 0.25) is 0 Å². The molecule has 1 fully saturated rings. The molecule has 2 heterocycles. The summed E-state index contributed by atoms with van der Waals surface area (Å²) in [6.45, 7) is 3.11. The fourth-order valence-electron chi connectivity index (χ4n) is 2.21. The molecule has 1 aromatic heterocycles. The van der Waals surface area contributed by atoms with E-state index in [4.69, 9.17) is 0 Å². The lowest BCUT2D eigenvalue weighted by Gasteiger charge is -2.30. The Kier molecular flexibility index (Phi) is 3.94. The molecule has 0 spiro atoms. The largest absolute Gasteiger partial charge is 0.342 e. The molecule has 1 aromatic rings. The highest BCUT2D eigenvalue weighted by Gasteiger charge is 2.25. The second kappa shape index (κ2) is 5.45. The van der Waals surface area contributed by atoms with Crippen LogP contribution in [0.3, 0.4) is 0 Å². The second-order valence-electron chi connectivity index (χ2n) is 4.52. The third-order valence-corrected chi connectivity index (χ3v) is 4.20. The van der Waals surface area contributed by atoms with Crippen molar-refractivity contribution in [3.05, 3.63) is 22.4 Å². The van der Waals surface area contributed by atoms with E-state index in [0.717, 1.165) is 30.8 Å². The van der Waals surface area contributed by atoms with E-state index in [2.05, 4.69) is 0 Å². The average molecular weight is 251 g/mol. The minimum absolute atomic E-state index is 0.167. The lowest BCUT2D eigenvalue weighted by molar-refractivity contribution is -0.134. The van der Waals surface area contributed by atoms with Crippen LogP contribution in [0.5, 0.6) is 0 Å². The highest BCUT2D eigenvalue weighted by Crippen LogP contribution is 2.19. The van der Waals surface area contributed by atoms with Gasteiger partial charge in [-0.3, -0.25) is 9.59 Å². The molecule has 0 unspecified atom stereocenters. The number of likely N-dealkylation sites (tertiary alicyclic amines) is 1. The van der Waals surface area contributed by atoms with Gasteiger partial charge >= 0.3 is 0 Å². The van der Waals surface area contributed by atoms with Crippen LogP contribution in [0.15, 0.2) is 17.5 Å². The van der Waals surface area contributed by atoms with Crippen molar-refractivity contribution >= 4 is 23.0 Å². The number of nitrogens with zero attached hydrogens (tertiary/aromatic N) is 1. The summed E-state index contributed by atoms with van der Waals surface area (Å²) in [5, 5.41) is 1.99. The molecule has 0 aromatic carbocycles. The van der Waals surface area contributed by atoms with Crippen LogP contribution in [0, 0.1) is 5.92 Å². The maximum absolute atomic E-state index is 12.0. The summed E-state index contributed by atoms with van der Waals surface area (Å²) in [6.07, 6.45) is 2.15. The van der Waals surface area contributed by atoms with E-state index >= 15 is 0 Å². The van der Waals surface area contributed by atoms with E-state index in [9.17, 15) is 9.59 Å². The molecule has 0 radical (unpaired) electrons. The zero-order valence-electron chi connectivity index (χ0n) is 10.0. The van der Waals surface area contributed by atoms with Crippen LogP contribution in [-0.2, 0) is 16.0 Å². The summed E-state index contributed by atoms with van der Waals surface area (Å²) in [5.74, 6) is 0.616. The number of hydrogen-bond donors (Lipinski definition) is 0. The molecular weight excluding hydrogens is 234 g/mol. The number of carbonyl (C=O) groups is 2. The standard InChI is InChI=1S/C13H17NO2S/c1-10(15)11-4-6-14(7-5-11)13(16)9-12-3-2-8-17-12/h2-3,8,11H,4-7,9H2,1H3. The molecule has 0 N–H and O–H groups in total. The highest BCUT2D eigenvalue weighted by molar-refractivity contribution is 7.10. The number of ketones is 1. The molecule has 1 amide bonds. The molecule has 2 rings (SSSR count). The first-order chi connectivity index (χ1) is 8.16. The molecule has 4 heteroatoms. The topological polar surface area (TPSA) is 37.4 Å². The fourth-order valence-corrected chi connectivity index (χ4v) is 2.91. The molecule has 0 saturated carbocycles. The molecule has 1 aliphatic rings. The van der Waals surface area contributed by atoms with E-state index in [1.54, 1.807) is 18.3 Å². The number of thiophene rings is 1. The number of carbonyl (C=O) groups excluding carboxylic acids is 2. The maximum atomic E-state index is 12.0. The summed E-state index contributed by atoms with van der Waals surface area (Å²) in [7, 11) is 0. The van der Waals surface area contributed by atoms with E-state index in [0.29, 0.717) is 6.42 Å². The SMILES string of the molecule is CC(=O)C1CCN(C(=O)Cc2cccs2)CC1. The Morgan fingerprint density at radius 2 is 2.12 bits per heavy atom. The van der Waals surface area contributed by atoms with Crippen LogP contribution < -0.4 is 0 Å². The first-order valence-electron chi connectivity index (χ1n) is 5.97. The molecular formula is C13H17NO2S. The van der Waals surface area contributed by atoms with Crippen LogP contribution in [0.4, 0.5) is 0 Å². The quantitative estimate of drug-likeness (QED) is 0.825. The van der Waals surface area contributed by atoms with Gasteiger partial charge in [0, 0.05) is 23.9 Å². The zero-order valence-corrected chi connectivity index (χ0v) is 10.8. The van der Waals surface area contributed by atoms with Crippen LogP contribution in [0.25, 0.3) is 0 Å². The zero-order chi connectivity index (χ0) is 12.3. The van der Waals surface area contributed by atoms with Gasteiger partial charge in [0.15, 0.2) is 0 Å². The Labute approximate surface area is 105 Å². The fraction of sp³-hybridized carbons (Fsp3) is 0.538. The Morgan fingerprint density at radius 1 is 1.41 bits per heavy atom. The third kappa shape index (κ3) is 3.16. The summed E-state index contributed by atoms with van der Waals surface area (Å²) < 4.78 is 0. The number of Topliss-reactive ketones (excluding diaryl/α,β-unsaturated/α-hetero) is 1. The van der Waals surface area contributed by atoms with Gasteiger partial charge in [0.25, 0.3) is 0 Å². The first kappa shape index (κ1) is 12.3. The first-order valence-corrected chi connectivity index (χ1v) is 6.85. The predicted molar refractivity (Wildman–Crippen MR) is 68.0 cm³/mol. The van der Waals surface area contributed by atoms with Crippen molar-refractivity contribution in [2.45, 2.75) is 26.2 Å². The average Bonchev–Trinajstić information content (AvgIpc) is 2.82. The summed E-state index contributed by atoms with van der Waals surface area (Å²) in [6, 6.07) is 3.96. The van der Waals surface area contributed by atoms with Crippen molar-refractivity contribution in [2.75, 3.05) is 13.1 Å². The van der Waals surface area contributed by atoms with Crippen molar-refractivity contribution in [2.24, 2.45) is 5.92 Å². The van der Waals surface area contributed by atoms with Crippen molar-refractivity contribution in [1.82, 2.24) is 4.90 Å². The van der Waals surface area contributed by atoms with Gasteiger partial charge < -0.3 is 4.90 Å². The summed E-state index contributed by atoms with van der Waals surface area (Å²) >= 11 is 1.62. The lowest BCUT2D eigenvalue weighted by Crippen LogP contribution is -2.40. The lowest BCUT2D eigenvalue weighted by atomic mass is 9.93. The molecule has 1 saturated heterocycles. The van der Waals surface area contributed by atoms with E-state index < -0.39 is 0 Å². The molecule has 0 atom stereocenters. The number of hydrogen-bond acceptors (Lipinski definition) is 3. The number of rotatable bonds is 3. The Balaban J connectivity index is 1.84. The van der Waals surface area contributed by atoms with Gasteiger partial charge in [-0.2, -0.15) is 0 Å². The third-order valence-electron chi connectivity index (χ3n) is 3.33. The molecule has 17 heavy (non-hydrogen) atoms. The minimum Gasteiger partial charge on any atom is -0.342 e. The number of amides is 1. The molecule has 0 aliphatic carbocycles. The van der Waals surface area contributed by atoms with Gasteiger partial charge in [0.2, 0.25) is 5.91 Å². The molecule has 0 bridgehead atoms. The van der Waals surface area contributed by atoms with Crippen molar-refractivity contribution in [3.63, 3.8) is 0 Å². The monoisotopic (exact) mass is 251 g/mol. The molecule has 92 valence electrons. The van der Waals surface area contributed by atoms with Crippen LogP contribution in [0.1, 0.15) is 24.6 Å². The Bertz CT molecular complexity index is 392. The van der Waals surface area contributed by atoms with Gasteiger partial charge in [-0.1, -0.05) is 6.07 Å². The van der Waals surface area contributed by atoms with Gasteiger partial charge in [0.05, 0.1) is 6.42 Å². The van der Waals surface area contributed by atoms with E-state index in [1.165, 1.54) is 0 Å². The van der Waals surface area contributed by atoms with E-state index in [1.807, 2.05) is 22.4 Å². The Hall–Kier alpha value is -1.16. The van der Waals surface area contributed by atoms with Gasteiger partial charge in [0.1, 0.15) is 5.78 Å². The van der Waals surface area contributed by atoms with E-state index in [-0.39, 0.29) is 17.6 Å². The maximum Gasteiger partial charge on any atom is 0.227 e. The van der Waals surface area contributed by atoms with Crippen molar-refractivity contribution < 1.29 is 9.59 Å². The smallest absolute Gasteiger partial charge is 0.227 e. The molecule has 3 nitrogen and oxygen atoms in total. The predicted octanol–water partition coefficient (Wildman–Crippen LogP) is 2.12. The van der Waals surface area contributed by atoms with Gasteiger partial charge in [-0.15, -0.1) is 11.3 Å². The summed E-state index contributed by atoms with van der Waals surface area (Å²) in [5.41, 5.74) is 0. The highest BCUT2D eigenvalue weighted by atomic mass is 32.1. The van der Waals surface area contributed by atoms with Crippen molar-refractivity contribution in [3.8, 4) is 0 Å². The van der Waals surface area contributed by atoms with Crippen LogP contribution >= 0.6 is 11.3 Å². The summed E-state index contributed by atoms with van der Waals surface area (Å²) in [4.78, 5) is 26.2.